The minimum absolute atomic E-state index is 0.0304. The Labute approximate surface area is 197 Å². The van der Waals surface area contributed by atoms with Gasteiger partial charge < -0.3 is 29.4 Å². The average molecular weight is 463 g/mol. The first-order valence-electron chi connectivity index (χ1n) is 10.8. The number of aliphatic carboxylic acids is 1. The maximum atomic E-state index is 12.3. The summed E-state index contributed by atoms with van der Waals surface area (Å²) < 4.78 is 22.4. The minimum Gasteiger partial charge on any atom is -0.488 e. The molecule has 8 nitrogen and oxygen atoms in total. The highest BCUT2D eigenvalue weighted by Gasteiger charge is 2.28. The van der Waals surface area contributed by atoms with Gasteiger partial charge in [-0.25, -0.2) is 9.59 Å². The highest BCUT2D eigenvalue weighted by Crippen LogP contribution is 2.43. The number of nitrogens with one attached hydrogen (secondary N) is 1. The number of hydrogen-bond acceptors (Lipinski definition) is 6. The summed E-state index contributed by atoms with van der Waals surface area (Å²) in [5.74, 6) is 0.379. The second kappa shape index (κ2) is 10.6. The summed E-state index contributed by atoms with van der Waals surface area (Å²) in [6.07, 6.45) is -0.849. The predicted octanol–water partition coefficient (Wildman–Crippen LogP) is 4.22. The molecule has 0 unspecified atom stereocenters. The van der Waals surface area contributed by atoms with Gasteiger partial charge in [0.05, 0.1) is 0 Å². The summed E-state index contributed by atoms with van der Waals surface area (Å²) in [6, 6.07) is 19.2. The van der Waals surface area contributed by atoms with E-state index in [1.54, 1.807) is 6.07 Å². The fourth-order valence-electron chi connectivity index (χ4n) is 3.67. The Morgan fingerprint density at radius 3 is 2.29 bits per heavy atom. The molecule has 4 rings (SSSR count). The largest absolute Gasteiger partial charge is 0.488 e. The smallest absolute Gasteiger partial charge is 0.408 e. The van der Waals surface area contributed by atoms with Gasteiger partial charge in [0.2, 0.25) is 6.79 Å². The number of carboxylic acids is 1. The molecule has 176 valence electrons. The Kier molecular flexibility index (Phi) is 7.17. The highest BCUT2D eigenvalue weighted by molar-refractivity contribution is 5.80. The van der Waals surface area contributed by atoms with Gasteiger partial charge in [0.1, 0.15) is 25.0 Å². The predicted molar refractivity (Wildman–Crippen MR) is 123 cm³/mol. The van der Waals surface area contributed by atoms with Gasteiger partial charge in [0.25, 0.3) is 0 Å². The second-order valence-electron chi connectivity index (χ2n) is 7.80. The molecular weight excluding hydrogens is 438 g/mol. The molecule has 1 amide bonds. The van der Waals surface area contributed by atoms with E-state index in [0.717, 1.165) is 11.1 Å². The lowest BCUT2D eigenvalue weighted by molar-refractivity contribution is -0.139. The number of alkyl carbamates (subject to hydrolysis) is 1. The van der Waals surface area contributed by atoms with Crippen LogP contribution < -0.4 is 19.5 Å². The molecule has 3 aromatic rings. The van der Waals surface area contributed by atoms with Crippen molar-refractivity contribution in [2.24, 2.45) is 0 Å². The third kappa shape index (κ3) is 5.58. The van der Waals surface area contributed by atoms with Crippen LogP contribution in [0.15, 0.2) is 66.7 Å². The normalized spacial score (nSPS) is 12.6. The second-order valence-corrected chi connectivity index (χ2v) is 7.80. The van der Waals surface area contributed by atoms with Crippen molar-refractivity contribution in [3.63, 3.8) is 0 Å². The number of fused-ring (bicyclic) bond motifs is 1. The Hall–Kier alpha value is -4.20. The first-order chi connectivity index (χ1) is 16.5. The van der Waals surface area contributed by atoms with E-state index in [1.165, 1.54) is 0 Å². The molecule has 3 aromatic carbocycles. The van der Waals surface area contributed by atoms with Crippen LogP contribution in [0.25, 0.3) is 0 Å². The zero-order chi connectivity index (χ0) is 23.9. The van der Waals surface area contributed by atoms with Crippen molar-refractivity contribution in [3.8, 4) is 17.2 Å². The number of carbonyl (C=O) groups is 2. The van der Waals surface area contributed by atoms with Crippen LogP contribution >= 0.6 is 0 Å². The fourth-order valence-corrected chi connectivity index (χ4v) is 3.67. The summed E-state index contributed by atoms with van der Waals surface area (Å²) in [6.45, 7) is 2.23. The van der Waals surface area contributed by atoms with Gasteiger partial charge in [0.15, 0.2) is 11.5 Å². The number of carbonyl (C=O) groups excluding carboxylic acids is 1. The van der Waals surface area contributed by atoms with Crippen LogP contribution in [0.4, 0.5) is 4.79 Å². The number of rotatable bonds is 9. The zero-order valence-corrected chi connectivity index (χ0v) is 18.7. The van der Waals surface area contributed by atoms with Gasteiger partial charge >= 0.3 is 12.1 Å². The number of hydrogen-bond donors (Lipinski definition) is 2. The van der Waals surface area contributed by atoms with Gasteiger partial charge in [-0.3, -0.25) is 0 Å². The standard InChI is InChI=1S/C26H25NO7/c1-17-23(31-14-18-8-4-2-5-9-18)20(13-22-24(17)34-16-33-22)12-21(25(28)29)27-26(30)32-15-19-10-6-3-7-11-19/h2-11,13,21H,12,14-16H2,1H3,(H,27,30)(H,28,29)/t21-/m0/s1. The van der Waals surface area contributed by atoms with Crippen molar-refractivity contribution in [2.75, 3.05) is 6.79 Å². The Bertz CT molecular complexity index is 1150. The van der Waals surface area contributed by atoms with Crippen LogP contribution in [0.1, 0.15) is 22.3 Å². The van der Waals surface area contributed by atoms with E-state index >= 15 is 0 Å². The van der Waals surface area contributed by atoms with Crippen molar-refractivity contribution in [1.82, 2.24) is 5.32 Å². The van der Waals surface area contributed by atoms with E-state index < -0.39 is 18.1 Å². The third-order valence-electron chi connectivity index (χ3n) is 5.37. The van der Waals surface area contributed by atoms with Crippen LogP contribution in [-0.2, 0) is 29.2 Å². The van der Waals surface area contributed by atoms with Crippen LogP contribution in [-0.4, -0.2) is 30.0 Å². The Balaban J connectivity index is 1.50. The van der Waals surface area contributed by atoms with E-state index in [4.69, 9.17) is 18.9 Å². The van der Waals surface area contributed by atoms with Crippen LogP contribution in [0.2, 0.25) is 0 Å². The number of benzene rings is 3. The van der Waals surface area contributed by atoms with Gasteiger partial charge in [0, 0.05) is 17.5 Å². The lowest BCUT2D eigenvalue weighted by Gasteiger charge is -2.19. The first kappa shape index (κ1) is 23.0. The van der Waals surface area contributed by atoms with Crippen LogP contribution in [0.5, 0.6) is 17.2 Å². The molecule has 0 spiro atoms. The molecule has 1 atom stereocenters. The molecule has 0 bridgehead atoms. The quantitative estimate of drug-likeness (QED) is 0.490. The van der Waals surface area contributed by atoms with Crippen LogP contribution in [0.3, 0.4) is 0 Å². The molecule has 2 N–H and O–H groups in total. The summed E-state index contributed by atoms with van der Waals surface area (Å²) in [5.41, 5.74) is 3.04. The van der Waals surface area contributed by atoms with Crippen molar-refractivity contribution in [1.29, 1.82) is 0 Å². The average Bonchev–Trinajstić information content (AvgIpc) is 3.32. The third-order valence-corrected chi connectivity index (χ3v) is 5.37. The lowest BCUT2D eigenvalue weighted by atomic mass is 10.0. The van der Waals surface area contributed by atoms with E-state index in [0.29, 0.717) is 35.0 Å². The topological polar surface area (TPSA) is 103 Å². The molecule has 1 heterocycles. The summed E-state index contributed by atoms with van der Waals surface area (Å²) >= 11 is 0. The van der Waals surface area contributed by atoms with Crippen molar-refractivity contribution in [2.45, 2.75) is 32.6 Å². The zero-order valence-electron chi connectivity index (χ0n) is 18.7. The van der Waals surface area contributed by atoms with Crippen molar-refractivity contribution in [3.05, 3.63) is 89.0 Å². The number of carboxylic acid groups (broad SMARTS) is 1. The molecule has 1 aliphatic heterocycles. The Morgan fingerprint density at radius 2 is 1.65 bits per heavy atom. The van der Waals surface area contributed by atoms with E-state index in [-0.39, 0.29) is 19.8 Å². The minimum atomic E-state index is -1.23. The van der Waals surface area contributed by atoms with Gasteiger partial charge in [-0.2, -0.15) is 0 Å². The molecule has 0 radical (unpaired) electrons. The maximum Gasteiger partial charge on any atom is 0.408 e. The molecule has 0 saturated carbocycles. The highest BCUT2D eigenvalue weighted by atomic mass is 16.7. The fraction of sp³-hybridized carbons (Fsp3) is 0.231. The lowest BCUT2D eigenvalue weighted by Crippen LogP contribution is -2.42. The van der Waals surface area contributed by atoms with Gasteiger partial charge in [-0.05, 0) is 24.1 Å². The molecular formula is C26H25NO7. The summed E-state index contributed by atoms with van der Waals surface area (Å²) in [4.78, 5) is 24.3. The van der Waals surface area contributed by atoms with E-state index in [9.17, 15) is 14.7 Å². The number of amides is 1. The molecule has 0 aliphatic carbocycles. The van der Waals surface area contributed by atoms with Gasteiger partial charge in [-0.15, -0.1) is 0 Å². The molecule has 1 aliphatic rings. The van der Waals surface area contributed by atoms with Gasteiger partial charge in [-0.1, -0.05) is 60.7 Å². The molecule has 0 fully saturated rings. The SMILES string of the molecule is Cc1c(OCc2ccccc2)c(C[C@H](NC(=O)OCc2ccccc2)C(=O)O)cc2c1OCO2. The van der Waals surface area contributed by atoms with Crippen molar-refractivity contribution < 1.29 is 33.6 Å². The maximum absolute atomic E-state index is 12.3. The summed E-state index contributed by atoms with van der Waals surface area (Å²) in [7, 11) is 0. The van der Waals surface area contributed by atoms with E-state index in [2.05, 4.69) is 5.32 Å². The monoisotopic (exact) mass is 463 g/mol. The molecule has 0 aromatic heterocycles. The van der Waals surface area contributed by atoms with E-state index in [1.807, 2.05) is 67.6 Å². The molecule has 0 saturated heterocycles. The summed E-state index contributed by atoms with van der Waals surface area (Å²) in [5, 5.41) is 12.2. The molecule has 34 heavy (non-hydrogen) atoms. The van der Waals surface area contributed by atoms with Crippen molar-refractivity contribution >= 4 is 12.1 Å². The number of ether oxygens (including phenoxy) is 4. The molecule has 8 heteroatoms. The first-order valence-corrected chi connectivity index (χ1v) is 10.8. The Morgan fingerprint density at radius 1 is 1.00 bits per heavy atom. The van der Waals surface area contributed by atoms with Crippen LogP contribution in [0, 0.1) is 6.92 Å².